The van der Waals surface area contributed by atoms with Crippen molar-refractivity contribution in [3.05, 3.63) is 0 Å². The van der Waals surface area contributed by atoms with E-state index in [1.165, 1.54) is 32.1 Å². The summed E-state index contributed by atoms with van der Waals surface area (Å²) < 4.78 is 0. The van der Waals surface area contributed by atoms with E-state index < -0.39 is 0 Å². The van der Waals surface area contributed by atoms with Gasteiger partial charge in [-0.1, -0.05) is 67.2 Å². The van der Waals surface area contributed by atoms with Gasteiger partial charge in [0, 0.05) is 0 Å². The highest BCUT2D eigenvalue weighted by molar-refractivity contribution is 4.75. The lowest BCUT2D eigenvalue weighted by Crippen LogP contribution is -2.22. The van der Waals surface area contributed by atoms with Gasteiger partial charge in [-0.15, -0.1) is 0 Å². The molecule has 2 unspecified atom stereocenters. The second-order valence-electron chi connectivity index (χ2n) is 5.77. The molecule has 2 atom stereocenters. The van der Waals surface area contributed by atoms with Crippen LogP contribution in [0.15, 0.2) is 0 Å². The van der Waals surface area contributed by atoms with Crippen LogP contribution in [0.4, 0.5) is 0 Å². The summed E-state index contributed by atoms with van der Waals surface area (Å²) in [7, 11) is 0. The Morgan fingerprint density at radius 3 is 1.79 bits per heavy atom. The largest absolute Gasteiger partial charge is 0.0654 e. The lowest BCUT2D eigenvalue weighted by Gasteiger charge is -2.32. The van der Waals surface area contributed by atoms with Crippen molar-refractivity contribution in [1.29, 1.82) is 0 Å². The van der Waals surface area contributed by atoms with Gasteiger partial charge in [-0.25, -0.2) is 0 Å². The second-order valence-corrected chi connectivity index (χ2v) is 5.77. The summed E-state index contributed by atoms with van der Waals surface area (Å²) >= 11 is 0. The monoisotopic (exact) mass is 198 g/mol. The standard InChI is InChI=1S/C14H30/c1-7-10-12(8-2)11-13(9-3)14(4,5)6/h12-13H,7-11H2,1-6H3. The van der Waals surface area contributed by atoms with Crippen LogP contribution in [0.1, 0.15) is 73.6 Å². The van der Waals surface area contributed by atoms with Crippen molar-refractivity contribution >= 4 is 0 Å². The van der Waals surface area contributed by atoms with E-state index in [2.05, 4.69) is 41.5 Å². The van der Waals surface area contributed by atoms with E-state index in [0.29, 0.717) is 5.41 Å². The van der Waals surface area contributed by atoms with Crippen molar-refractivity contribution in [3.8, 4) is 0 Å². The summed E-state index contributed by atoms with van der Waals surface area (Å²) in [4.78, 5) is 0. The van der Waals surface area contributed by atoms with Crippen molar-refractivity contribution in [3.63, 3.8) is 0 Å². The molecule has 0 aromatic carbocycles. The van der Waals surface area contributed by atoms with E-state index in [4.69, 9.17) is 0 Å². The van der Waals surface area contributed by atoms with Crippen molar-refractivity contribution in [2.24, 2.45) is 17.3 Å². The second kappa shape index (κ2) is 6.48. The molecular weight excluding hydrogens is 168 g/mol. The molecule has 0 N–H and O–H groups in total. The van der Waals surface area contributed by atoms with Crippen LogP contribution >= 0.6 is 0 Å². The molecule has 0 nitrogen and oxygen atoms in total. The Kier molecular flexibility index (Phi) is 6.48. The molecule has 0 heteroatoms. The first-order valence-corrected chi connectivity index (χ1v) is 6.45. The van der Waals surface area contributed by atoms with Crippen LogP contribution in [0.3, 0.4) is 0 Å². The quantitative estimate of drug-likeness (QED) is 0.545. The molecule has 0 heterocycles. The summed E-state index contributed by atoms with van der Waals surface area (Å²) in [5, 5.41) is 0. The van der Waals surface area contributed by atoms with Gasteiger partial charge < -0.3 is 0 Å². The molecule has 0 spiro atoms. The normalized spacial score (nSPS) is 16.7. The molecule has 0 aliphatic carbocycles. The van der Waals surface area contributed by atoms with E-state index >= 15 is 0 Å². The van der Waals surface area contributed by atoms with Crippen molar-refractivity contribution in [1.82, 2.24) is 0 Å². The topological polar surface area (TPSA) is 0 Å². The fourth-order valence-electron chi connectivity index (χ4n) is 2.43. The highest BCUT2D eigenvalue weighted by Gasteiger charge is 2.24. The van der Waals surface area contributed by atoms with Crippen LogP contribution in [0.2, 0.25) is 0 Å². The molecule has 0 rings (SSSR count). The first kappa shape index (κ1) is 14.0. The third-order valence-electron chi connectivity index (χ3n) is 3.61. The van der Waals surface area contributed by atoms with E-state index in [0.717, 1.165) is 11.8 Å². The van der Waals surface area contributed by atoms with Gasteiger partial charge in [-0.3, -0.25) is 0 Å². The Hall–Kier alpha value is 0. The predicted molar refractivity (Wildman–Crippen MR) is 66.5 cm³/mol. The predicted octanol–water partition coefficient (Wildman–Crippen LogP) is 5.28. The van der Waals surface area contributed by atoms with Crippen LogP contribution in [-0.4, -0.2) is 0 Å². The fraction of sp³-hybridized carbons (Fsp3) is 1.00. The number of hydrogen-bond acceptors (Lipinski definition) is 0. The molecule has 0 amide bonds. The third-order valence-corrected chi connectivity index (χ3v) is 3.61. The fourth-order valence-corrected chi connectivity index (χ4v) is 2.43. The van der Waals surface area contributed by atoms with Gasteiger partial charge in [0.1, 0.15) is 0 Å². The van der Waals surface area contributed by atoms with Crippen LogP contribution in [0.25, 0.3) is 0 Å². The van der Waals surface area contributed by atoms with Crippen molar-refractivity contribution < 1.29 is 0 Å². The molecule has 0 aromatic rings. The molecule has 0 saturated carbocycles. The Labute approximate surface area is 91.5 Å². The van der Waals surface area contributed by atoms with E-state index in [1.807, 2.05) is 0 Å². The first-order valence-electron chi connectivity index (χ1n) is 6.45. The highest BCUT2D eigenvalue weighted by Crippen LogP contribution is 2.35. The highest BCUT2D eigenvalue weighted by atomic mass is 14.3. The summed E-state index contributed by atoms with van der Waals surface area (Å²) in [5.74, 6) is 1.86. The average molecular weight is 198 g/mol. The molecule has 14 heavy (non-hydrogen) atoms. The smallest absolute Gasteiger partial charge is 0.0354 e. The van der Waals surface area contributed by atoms with E-state index in [1.54, 1.807) is 0 Å². The van der Waals surface area contributed by atoms with Gasteiger partial charge >= 0.3 is 0 Å². The Bertz CT molecular complexity index is 129. The Morgan fingerprint density at radius 1 is 0.929 bits per heavy atom. The Balaban J connectivity index is 4.14. The average Bonchev–Trinajstić information content (AvgIpc) is 2.10. The zero-order valence-electron chi connectivity index (χ0n) is 11.2. The SMILES string of the molecule is CCCC(CC)CC(CC)C(C)(C)C. The summed E-state index contributed by atoms with van der Waals surface area (Å²) in [6.07, 6.45) is 6.90. The van der Waals surface area contributed by atoms with Gasteiger partial charge in [0.05, 0.1) is 0 Å². The van der Waals surface area contributed by atoms with Crippen LogP contribution in [0.5, 0.6) is 0 Å². The molecule has 0 aliphatic rings. The molecule has 0 saturated heterocycles. The molecule has 0 fully saturated rings. The zero-order valence-corrected chi connectivity index (χ0v) is 11.2. The molecule has 0 aliphatic heterocycles. The van der Waals surface area contributed by atoms with Gasteiger partial charge in [0.15, 0.2) is 0 Å². The van der Waals surface area contributed by atoms with Crippen LogP contribution in [-0.2, 0) is 0 Å². The van der Waals surface area contributed by atoms with Crippen molar-refractivity contribution in [2.45, 2.75) is 73.6 Å². The van der Waals surface area contributed by atoms with Crippen LogP contribution < -0.4 is 0 Å². The maximum atomic E-state index is 2.39. The zero-order chi connectivity index (χ0) is 11.2. The minimum Gasteiger partial charge on any atom is -0.0654 e. The van der Waals surface area contributed by atoms with E-state index in [9.17, 15) is 0 Å². The Morgan fingerprint density at radius 2 is 1.50 bits per heavy atom. The number of rotatable bonds is 6. The molecule has 86 valence electrons. The lowest BCUT2D eigenvalue weighted by atomic mass is 9.73. The summed E-state index contributed by atoms with van der Waals surface area (Å²) in [6, 6.07) is 0. The molecule has 0 radical (unpaired) electrons. The summed E-state index contributed by atoms with van der Waals surface area (Å²) in [6.45, 7) is 14.2. The maximum Gasteiger partial charge on any atom is -0.0354 e. The first-order chi connectivity index (χ1) is 6.45. The van der Waals surface area contributed by atoms with Gasteiger partial charge in [-0.2, -0.15) is 0 Å². The van der Waals surface area contributed by atoms with Gasteiger partial charge in [0.2, 0.25) is 0 Å². The van der Waals surface area contributed by atoms with Gasteiger partial charge in [0.25, 0.3) is 0 Å². The summed E-state index contributed by atoms with van der Waals surface area (Å²) in [5.41, 5.74) is 0.496. The number of hydrogen-bond donors (Lipinski definition) is 0. The van der Waals surface area contributed by atoms with E-state index in [-0.39, 0.29) is 0 Å². The van der Waals surface area contributed by atoms with Crippen LogP contribution in [0, 0.1) is 17.3 Å². The maximum absolute atomic E-state index is 2.39. The molecular formula is C14H30. The third kappa shape index (κ3) is 5.02. The minimum atomic E-state index is 0.496. The molecule has 0 bridgehead atoms. The minimum absolute atomic E-state index is 0.496. The van der Waals surface area contributed by atoms with Gasteiger partial charge in [-0.05, 0) is 23.7 Å². The van der Waals surface area contributed by atoms with Crippen molar-refractivity contribution in [2.75, 3.05) is 0 Å². The molecule has 0 aromatic heterocycles. The lowest BCUT2D eigenvalue weighted by molar-refractivity contribution is 0.182.